The summed E-state index contributed by atoms with van der Waals surface area (Å²) in [5.74, 6) is -1.30. The predicted octanol–water partition coefficient (Wildman–Crippen LogP) is 1.89. The predicted molar refractivity (Wildman–Crippen MR) is 101 cm³/mol. The van der Waals surface area contributed by atoms with Crippen LogP contribution in [0.3, 0.4) is 0 Å². The first-order valence-corrected chi connectivity index (χ1v) is 9.44. The largest absolute Gasteiger partial charge is 0.480 e. The summed E-state index contributed by atoms with van der Waals surface area (Å²) >= 11 is 1.39. The van der Waals surface area contributed by atoms with Crippen LogP contribution in [-0.4, -0.2) is 37.5 Å². The number of carboxylic acid groups (broad SMARTS) is 1. The average Bonchev–Trinajstić information content (AvgIpc) is 3.16. The van der Waals surface area contributed by atoms with Crippen LogP contribution in [0.1, 0.15) is 17.5 Å². The molecule has 0 saturated heterocycles. The monoisotopic (exact) mass is 383 g/mol. The van der Waals surface area contributed by atoms with Gasteiger partial charge in [-0.05, 0) is 22.6 Å². The maximum absolute atomic E-state index is 12.7. The van der Waals surface area contributed by atoms with Crippen molar-refractivity contribution in [3.8, 4) is 0 Å². The second kappa shape index (κ2) is 6.96. The van der Waals surface area contributed by atoms with Crippen molar-refractivity contribution in [2.24, 2.45) is 0 Å². The number of fused-ring (bicyclic) bond motifs is 2. The van der Waals surface area contributed by atoms with Gasteiger partial charge in [-0.3, -0.25) is 14.2 Å². The third-order valence-electron chi connectivity index (χ3n) is 4.87. The van der Waals surface area contributed by atoms with Crippen molar-refractivity contribution in [3.05, 3.63) is 63.5 Å². The molecule has 1 unspecified atom stereocenters. The molecule has 1 aliphatic heterocycles. The molecule has 7 nitrogen and oxygen atoms in total. The fraction of sp³-hybridized carbons (Fsp3) is 0.263. The quantitative estimate of drug-likeness (QED) is 0.743. The molecule has 3 heterocycles. The van der Waals surface area contributed by atoms with Crippen LogP contribution in [0.25, 0.3) is 10.2 Å². The lowest BCUT2D eigenvalue weighted by Crippen LogP contribution is -2.48. The Bertz CT molecular complexity index is 1090. The topological polar surface area (TPSA) is 92.5 Å². The van der Waals surface area contributed by atoms with Gasteiger partial charge in [0.2, 0.25) is 5.91 Å². The van der Waals surface area contributed by atoms with Gasteiger partial charge < -0.3 is 10.0 Å². The Hall–Kier alpha value is -3.00. The Kier molecular flexibility index (Phi) is 4.49. The summed E-state index contributed by atoms with van der Waals surface area (Å²) in [6.07, 6.45) is 1.78. The molecule has 27 heavy (non-hydrogen) atoms. The van der Waals surface area contributed by atoms with Gasteiger partial charge in [0.25, 0.3) is 5.56 Å². The summed E-state index contributed by atoms with van der Waals surface area (Å²) < 4.78 is 1.40. The Morgan fingerprint density at radius 2 is 2.00 bits per heavy atom. The molecule has 0 aliphatic carbocycles. The first-order valence-electron chi connectivity index (χ1n) is 8.56. The van der Waals surface area contributed by atoms with Crippen molar-refractivity contribution >= 4 is 33.4 Å². The van der Waals surface area contributed by atoms with Crippen LogP contribution in [-0.2, 0) is 29.1 Å². The van der Waals surface area contributed by atoms with Crippen molar-refractivity contribution in [1.29, 1.82) is 0 Å². The summed E-state index contributed by atoms with van der Waals surface area (Å²) in [5.41, 5.74) is 1.73. The molecule has 0 bridgehead atoms. The number of thiophene rings is 1. The zero-order valence-corrected chi connectivity index (χ0v) is 15.2. The van der Waals surface area contributed by atoms with Crippen molar-refractivity contribution in [2.45, 2.75) is 32.0 Å². The minimum absolute atomic E-state index is 0.0448. The molecule has 0 radical (unpaired) electrons. The highest BCUT2D eigenvalue weighted by molar-refractivity contribution is 7.16. The molecule has 0 fully saturated rings. The Morgan fingerprint density at radius 3 is 2.78 bits per heavy atom. The minimum Gasteiger partial charge on any atom is -0.480 e. The van der Waals surface area contributed by atoms with E-state index >= 15 is 0 Å². The molecular formula is C19H17N3O4S. The average molecular weight is 383 g/mol. The Balaban J connectivity index is 1.53. The van der Waals surface area contributed by atoms with Crippen LogP contribution in [0.15, 0.2) is 46.8 Å². The standard InChI is InChI=1S/C19H17N3O4S/c23-16(5-7-21-11-20-17-14(18(21)24)6-8-27-17)22-10-13-4-2-1-3-12(13)9-15(22)19(25)26/h1-4,6,8,11,15H,5,7,9-10H2,(H,25,26). The van der Waals surface area contributed by atoms with Gasteiger partial charge in [-0.15, -0.1) is 11.3 Å². The number of carbonyl (C=O) groups excluding carboxylic acids is 1. The number of aryl methyl sites for hydroxylation is 1. The molecule has 2 aromatic heterocycles. The summed E-state index contributed by atoms with van der Waals surface area (Å²) in [4.78, 5) is 43.1. The first-order chi connectivity index (χ1) is 13.0. The highest BCUT2D eigenvalue weighted by atomic mass is 32.1. The highest BCUT2D eigenvalue weighted by Gasteiger charge is 2.34. The van der Waals surface area contributed by atoms with Crippen molar-refractivity contribution in [2.75, 3.05) is 0 Å². The SMILES string of the molecule is O=C(O)C1Cc2ccccc2CN1C(=O)CCn1cnc2sccc2c1=O. The zero-order valence-electron chi connectivity index (χ0n) is 14.4. The molecule has 3 aromatic rings. The lowest BCUT2D eigenvalue weighted by Gasteiger charge is -2.34. The number of aliphatic carboxylic acids is 1. The third-order valence-corrected chi connectivity index (χ3v) is 5.69. The minimum atomic E-state index is -1.02. The molecule has 1 N–H and O–H groups in total. The lowest BCUT2D eigenvalue weighted by molar-refractivity contribution is -0.151. The molecule has 0 saturated carbocycles. The second-order valence-corrected chi connectivity index (χ2v) is 7.38. The number of hydrogen-bond acceptors (Lipinski definition) is 5. The number of aromatic nitrogens is 2. The van der Waals surface area contributed by atoms with Crippen LogP contribution in [0.4, 0.5) is 0 Å². The number of nitrogens with zero attached hydrogens (tertiary/aromatic N) is 3. The second-order valence-electron chi connectivity index (χ2n) is 6.48. The number of hydrogen-bond donors (Lipinski definition) is 1. The van der Waals surface area contributed by atoms with E-state index in [-0.39, 0.29) is 31.0 Å². The van der Waals surface area contributed by atoms with Crippen molar-refractivity contribution < 1.29 is 14.7 Å². The molecule has 1 amide bonds. The van der Waals surface area contributed by atoms with Gasteiger partial charge in [0.1, 0.15) is 10.9 Å². The van der Waals surface area contributed by atoms with Crippen LogP contribution in [0.5, 0.6) is 0 Å². The van der Waals surface area contributed by atoms with Crippen molar-refractivity contribution in [1.82, 2.24) is 14.5 Å². The number of amides is 1. The van der Waals surface area contributed by atoms with Gasteiger partial charge >= 0.3 is 5.97 Å². The summed E-state index contributed by atoms with van der Waals surface area (Å²) in [5, 5.41) is 11.9. The van der Waals surface area contributed by atoms with E-state index < -0.39 is 12.0 Å². The van der Waals surface area contributed by atoms with E-state index in [0.29, 0.717) is 16.6 Å². The van der Waals surface area contributed by atoms with E-state index in [1.807, 2.05) is 24.3 Å². The van der Waals surface area contributed by atoms with E-state index in [1.54, 1.807) is 11.4 Å². The normalized spacial score (nSPS) is 16.3. The Morgan fingerprint density at radius 1 is 1.22 bits per heavy atom. The maximum Gasteiger partial charge on any atom is 0.326 e. The molecule has 1 aliphatic rings. The molecule has 4 rings (SSSR count). The summed E-state index contributed by atoms with van der Waals surface area (Å²) in [6.45, 7) is 0.434. The van der Waals surface area contributed by atoms with Crippen LogP contribution in [0, 0.1) is 0 Å². The van der Waals surface area contributed by atoms with Crippen molar-refractivity contribution in [3.63, 3.8) is 0 Å². The smallest absolute Gasteiger partial charge is 0.326 e. The zero-order chi connectivity index (χ0) is 19.0. The van der Waals surface area contributed by atoms with Gasteiger partial charge in [0.15, 0.2) is 0 Å². The fourth-order valence-electron chi connectivity index (χ4n) is 3.42. The molecule has 0 spiro atoms. The van der Waals surface area contributed by atoms with E-state index in [0.717, 1.165) is 11.1 Å². The number of rotatable bonds is 4. The highest BCUT2D eigenvalue weighted by Crippen LogP contribution is 2.24. The van der Waals surface area contributed by atoms with E-state index in [2.05, 4.69) is 4.98 Å². The summed E-state index contributed by atoms with van der Waals surface area (Å²) in [6, 6.07) is 8.39. The van der Waals surface area contributed by atoms with Gasteiger partial charge in [-0.1, -0.05) is 24.3 Å². The van der Waals surface area contributed by atoms with Crippen LogP contribution in [0.2, 0.25) is 0 Å². The van der Waals surface area contributed by atoms with E-state index in [4.69, 9.17) is 0 Å². The summed E-state index contributed by atoms with van der Waals surface area (Å²) in [7, 11) is 0. The lowest BCUT2D eigenvalue weighted by atomic mass is 9.93. The third kappa shape index (κ3) is 3.23. The molecular weight excluding hydrogens is 366 g/mol. The van der Waals surface area contributed by atoms with Crippen LogP contribution >= 0.6 is 11.3 Å². The fourth-order valence-corrected chi connectivity index (χ4v) is 4.14. The van der Waals surface area contributed by atoms with E-state index in [9.17, 15) is 19.5 Å². The molecule has 8 heteroatoms. The number of carbonyl (C=O) groups is 2. The van der Waals surface area contributed by atoms with Gasteiger partial charge in [0, 0.05) is 25.9 Å². The van der Waals surface area contributed by atoms with Crippen LogP contribution < -0.4 is 5.56 Å². The van der Waals surface area contributed by atoms with Gasteiger partial charge in [-0.2, -0.15) is 0 Å². The number of benzene rings is 1. The molecule has 1 atom stereocenters. The van der Waals surface area contributed by atoms with E-state index in [1.165, 1.54) is 27.1 Å². The first kappa shape index (κ1) is 17.4. The van der Waals surface area contributed by atoms with Gasteiger partial charge in [0.05, 0.1) is 11.7 Å². The maximum atomic E-state index is 12.7. The Labute approximate surface area is 158 Å². The number of carboxylic acids is 1. The van der Waals surface area contributed by atoms with Gasteiger partial charge in [-0.25, -0.2) is 9.78 Å². The molecule has 138 valence electrons. The molecule has 1 aromatic carbocycles.